The molecule has 1 saturated carbocycles. The standard InChI is InChI=1S/C21H29NO3S/c1-25-19-10-6-5-9-17(19)11-12-21-22(13-14-26-21)20(24)15-18(23)16-7-3-2-4-8-16/h5-6,9-10,16,21H,2-4,7-8,11-15H2,1H3. The molecule has 0 N–H and O–H groups in total. The highest BCUT2D eigenvalue weighted by atomic mass is 32.2. The molecular formula is C21H29NO3S. The molecule has 2 fully saturated rings. The Bertz CT molecular complexity index is 627. The van der Waals surface area contributed by atoms with Crippen LogP contribution in [-0.2, 0) is 16.0 Å². The minimum absolute atomic E-state index is 0.0237. The number of rotatable bonds is 7. The highest BCUT2D eigenvalue weighted by Gasteiger charge is 2.32. The molecule has 0 aromatic heterocycles. The molecule has 4 nitrogen and oxygen atoms in total. The molecule has 1 saturated heterocycles. The van der Waals surface area contributed by atoms with Crippen molar-refractivity contribution in [1.29, 1.82) is 0 Å². The summed E-state index contributed by atoms with van der Waals surface area (Å²) in [5.41, 5.74) is 1.17. The maximum atomic E-state index is 12.7. The van der Waals surface area contributed by atoms with Gasteiger partial charge in [-0.25, -0.2) is 0 Å². The lowest BCUT2D eigenvalue weighted by atomic mass is 9.85. The number of aryl methyl sites for hydroxylation is 1. The molecule has 3 rings (SSSR count). The number of ether oxygens (including phenoxy) is 1. The predicted octanol–water partition coefficient (Wildman–Crippen LogP) is 4.07. The van der Waals surface area contributed by atoms with E-state index in [1.165, 1.54) is 12.0 Å². The second-order valence-corrected chi connectivity index (χ2v) is 8.53. The van der Waals surface area contributed by atoms with Crippen LogP contribution in [0.15, 0.2) is 24.3 Å². The summed E-state index contributed by atoms with van der Waals surface area (Å²) >= 11 is 1.83. The lowest BCUT2D eigenvalue weighted by molar-refractivity contribution is -0.137. The van der Waals surface area contributed by atoms with E-state index in [-0.39, 0.29) is 29.4 Å². The fourth-order valence-corrected chi connectivity index (χ4v) is 5.32. The van der Waals surface area contributed by atoms with E-state index >= 15 is 0 Å². The van der Waals surface area contributed by atoms with E-state index in [9.17, 15) is 9.59 Å². The number of hydrogen-bond acceptors (Lipinski definition) is 4. The average molecular weight is 376 g/mol. The number of benzene rings is 1. The minimum Gasteiger partial charge on any atom is -0.496 e. The topological polar surface area (TPSA) is 46.6 Å². The first-order chi connectivity index (χ1) is 12.7. The van der Waals surface area contributed by atoms with Crippen molar-refractivity contribution in [1.82, 2.24) is 4.90 Å². The van der Waals surface area contributed by atoms with Gasteiger partial charge in [-0.05, 0) is 37.3 Å². The molecule has 0 spiro atoms. The monoisotopic (exact) mass is 375 g/mol. The number of thioether (sulfide) groups is 1. The van der Waals surface area contributed by atoms with Crippen molar-refractivity contribution in [3.63, 3.8) is 0 Å². The molecule has 1 atom stereocenters. The smallest absolute Gasteiger partial charge is 0.230 e. The number of carbonyl (C=O) groups is 2. The Balaban J connectivity index is 1.53. The number of para-hydroxylation sites is 1. The normalized spacial score (nSPS) is 21.0. The zero-order valence-corrected chi connectivity index (χ0v) is 16.4. The summed E-state index contributed by atoms with van der Waals surface area (Å²) in [5.74, 6) is 2.17. The quantitative estimate of drug-likeness (QED) is 0.674. The third kappa shape index (κ3) is 4.81. The van der Waals surface area contributed by atoms with Gasteiger partial charge in [-0.2, -0.15) is 0 Å². The zero-order valence-electron chi connectivity index (χ0n) is 15.6. The highest BCUT2D eigenvalue weighted by molar-refractivity contribution is 8.00. The van der Waals surface area contributed by atoms with Crippen LogP contribution in [0.25, 0.3) is 0 Å². The van der Waals surface area contributed by atoms with Crippen molar-refractivity contribution in [2.75, 3.05) is 19.4 Å². The lowest BCUT2D eigenvalue weighted by Gasteiger charge is -2.25. The summed E-state index contributed by atoms with van der Waals surface area (Å²) in [7, 11) is 1.69. The van der Waals surface area contributed by atoms with Crippen LogP contribution in [0, 0.1) is 5.92 Å². The molecule has 1 amide bonds. The van der Waals surface area contributed by atoms with Gasteiger partial charge in [-0.15, -0.1) is 11.8 Å². The van der Waals surface area contributed by atoms with Crippen molar-refractivity contribution in [2.45, 2.75) is 56.7 Å². The number of ketones is 1. The fraction of sp³-hybridized carbons (Fsp3) is 0.619. The summed E-state index contributed by atoms with van der Waals surface area (Å²) in [6.45, 7) is 0.762. The molecule has 1 unspecified atom stereocenters. The van der Waals surface area contributed by atoms with Crippen molar-refractivity contribution in [3.8, 4) is 5.75 Å². The molecule has 1 aromatic rings. The summed E-state index contributed by atoms with van der Waals surface area (Å²) in [6.07, 6.45) is 7.30. The van der Waals surface area contributed by atoms with E-state index in [2.05, 4.69) is 6.07 Å². The Morgan fingerprint density at radius 3 is 2.73 bits per heavy atom. The first-order valence-electron chi connectivity index (χ1n) is 9.74. The number of carbonyl (C=O) groups excluding carboxylic acids is 2. The molecule has 2 aliphatic rings. The van der Waals surface area contributed by atoms with Crippen molar-refractivity contribution in [2.24, 2.45) is 5.92 Å². The lowest BCUT2D eigenvalue weighted by Crippen LogP contribution is -2.37. The van der Waals surface area contributed by atoms with Gasteiger partial charge in [0.1, 0.15) is 11.5 Å². The van der Waals surface area contributed by atoms with E-state index in [0.717, 1.165) is 56.6 Å². The van der Waals surface area contributed by atoms with Crippen LogP contribution in [0.4, 0.5) is 0 Å². The van der Waals surface area contributed by atoms with Crippen molar-refractivity contribution < 1.29 is 14.3 Å². The highest BCUT2D eigenvalue weighted by Crippen LogP contribution is 2.31. The van der Waals surface area contributed by atoms with Gasteiger partial charge in [-0.3, -0.25) is 9.59 Å². The zero-order chi connectivity index (χ0) is 18.4. The Hall–Kier alpha value is -1.49. The third-order valence-corrected chi connectivity index (χ3v) is 6.84. The molecule has 1 heterocycles. The number of Topliss-reactive ketones (excluding diaryl/α,β-unsaturated/α-hetero) is 1. The van der Waals surface area contributed by atoms with E-state index < -0.39 is 0 Å². The molecule has 142 valence electrons. The third-order valence-electron chi connectivity index (χ3n) is 5.55. The molecule has 0 radical (unpaired) electrons. The van der Waals surface area contributed by atoms with Crippen LogP contribution < -0.4 is 4.74 Å². The van der Waals surface area contributed by atoms with Gasteiger partial charge in [0.2, 0.25) is 5.91 Å². The second-order valence-electron chi connectivity index (χ2n) is 7.24. The minimum atomic E-state index is 0.0237. The van der Waals surface area contributed by atoms with Crippen LogP contribution in [0.1, 0.15) is 50.5 Å². The van der Waals surface area contributed by atoms with Crippen LogP contribution in [0.3, 0.4) is 0 Å². The van der Waals surface area contributed by atoms with Crippen LogP contribution in [0.5, 0.6) is 5.75 Å². The molecule has 1 aliphatic carbocycles. The van der Waals surface area contributed by atoms with Crippen molar-refractivity contribution >= 4 is 23.5 Å². The van der Waals surface area contributed by atoms with Crippen molar-refractivity contribution in [3.05, 3.63) is 29.8 Å². The maximum absolute atomic E-state index is 12.7. The summed E-state index contributed by atoms with van der Waals surface area (Å²) in [4.78, 5) is 27.1. The van der Waals surface area contributed by atoms with Gasteiger partial charge < -0.3 is 9.64 Å². The Morgan fingerprint density at radius 2 is 1.96 bits per heavy atom. The predicted molar refractivity (Wildman–Crippen MR) is 105 cm³/mol. The Kier molecular flexibility index (Phi) is 7.00. The van der Waals surface area contributed by atoms with E-state index in [0.29, 0.717) is 0 Å². The van der Waals surface area contributed by atoms with Gasteiger partial charge in [0.25, 0.3) is 0 Å². The maximum Gasteiger partial charge on any atom is 0.230 e. The summed E-state index contributed by atoms with van der Waals surface area (Å²) in [6, 6.07) is 8.05. The summed E-state index contributed by atoms with van der Waals surface area (Å²) in [5, 5.41) is 0.173. The van der Waals surface area contributed by atoms with Gasteiger partial charge in [-0.1, -0.05) is 37.5 Å². The molecular weight excluding hydrogens is 346 g/mol. The van der Waals surface area contributed by atoms with Crippen LogP contribution >= 0.6 is 11.8 Å². The average Bonchev–Trinajstić information content (AvgIpc) is 3.16. The van der Waals surface area contributed by atoms with E-state index in [1.54, 1.807) is 7.11 Å². The SMILES string of the molecule is COc1ccccc1CCC1SCCN1C(=O)CC(=O)C1CCCCC1. The van der Waals surface area contributed by atoms with E-state index in [1.807, 2.05) is 34.9 Å². The molecule has 0 bridgehead atoms. The Morgan fingerprint density at radius 1 is 1.19 bits per heavy atom. The number of amides is 1. The summed E-state index contributed by atoms with van der Waals surface area (Å²) < 4.78 is 5.42. The van der Waals surface area contributed by atoms with Crippen LogP contribution in [-0.4, -0.2) is 41.4 Å². The number of methoxy groups -OCH3 is 1. The van der Waals surface area contributed by atoms with Gasteiger partial charge >= 0.3 is 0 Å². The second kappa shape index (κ2) is 9.45. The first kappa shape index (κ1) is 19.3. The largest absolute Gasteiger partial charge is 0.496 e. The molecule has 26 heavy (non-hydrogen) atoms. The Labute approximate surface area is 160 Å². The first-order valence-corrected chi connectivity index (χ1v) is 10.8. The van der Waals surface area contributed by atoms with Gasteiger partial charge in [0, 0.05) is 18.2 Å². The fourth-order valence-electron chi connectivity index (χ4n) is 4.05. The van der Waals surface area contributed by atoms with Gasteiger partial charge in [0.15, 0.2) is 0 Å². The molecule has 1 aromatic carbocycles. The van der Waals surface area contributed by atoms with Crippen LogP contribution in [0.2, 0.25) is 0 Å². The molecule has 5 heteroatoms. The van der Waals surface area contributed by atoms with Gasteiger partial charge in [0.05, 0.1) is 18.9 Å². The molecule has 1 aliphatic heterocycles. The van der Waals surface area contributed by atoms with E-state index in [4.69, 9.17) is 4.74 Å². The number of hydrogen-bond donors (Lipinski definition) is 0. The number of nitrogens with zero attached hydrogens (tertiary/aromatic N) is 1.